The van der Waals surface area contributed by atoms with Gasteiger partial charge in [-0.1, -0.05) is 13.3 Å². The Morgan fingerprint density at radius 3 is 2.96 bits per heavy atom. The lowest BCUT2D eigenvalue weighted by atomic mass is 10.1. The van der Waals surface area contributed by atoms with Crippen molar-refractivity contribution in [1.29, 1.82) is 0 Å². The number of carbonyl (C=O) groups excluding carboxylic acids is 3. The van der Waals surface area contributed by atoms with E-state index in [0.29, 0.717) is 19.5 Å². The summed E-state index contributed by atoms with van der Waals surface area (Å²) in [6.07, 6.45) is 1.61. The molecule has 0 aromatic carbocycles. The van der Waals surface area contributed by atoms with Gasteiger partial charge in [0.1, 0.15) is 5.69 Å². The summed E-state index contributed by atoms with van der Waals surface area (Å²) in [7, 11) is 0. The molecule has 3 atom stereocenters. The van der Waals surface area contributed by atoms with Gasteiger partial charge in [-0.05, 0) is 25.3 Å². The average Bonchev–Trinajstić information content (AvgIpc) is 3.22. The van der Waals surface area contributed by atoms with Crippen LogP contribution in [0.25, 0.3) is 0 Å². The van der Waals surface area contributed by atoms with Gasteiger partial charge in [0.2, 0.25) is 11.8 Å². The minimum Gasteiger partial charge on any atom is -0.391 e. The number of nitrogens with one attached hydrogen (secondary N) is 3. The highest BCUT2D eigenvalue weighted by Crippen LogP contribution is 2.28. The average molecular weight is 363 g/mol. The van der Waals surface area contributed by atoms with Gasteiger partial charge >= 0.3 is 0 Å². The molecule has 2 aliphatic rings. The lowest BCUT2D eigenvalue weighted by Crippen LogP contribution is -2.51. The third kappa shape index (κ3) is 4.04. The molecule has 0 bridgehead atoms. The molecule has 1 aromatic rings. The molecule has 1 aliphatic carbocycles. The van der Waals surface area contributed by atoms with Gasteiger partial charge in [-0.15, -0.1) is 0 Å². The highest BCUT2D eigenvalue weighted by molar-refractivity contribution is 5.93. The molecule has 142 valence electrons. The summed E-state index contributed by atoms with van der Waals surface area (Å²) in [5.74, 6) is -1.07. The smallest absolute Gasteiger partial charge is 0.272 e. The number of hydrogen-bond donors (Lipinski definition) is 4. The quantitative estimate of drug-likeness (QED) is 0.544. The van der Waals surface area contributed by atoms with E-state index in [0.717, 1.165) is 18.5 Å². The second-order valence-electron chi connectivity index (χ2n) is 6.95. The van der Waals surface area contributed by atoms with Crippen molar-refractivity contribution in [2.24, 2.45) is 5.92 Å². The van der Waals surface area contributed by atoms with E-state index >= 15 is 0 Å². The highest BCUT2D eigenvalue weighted by atomic mass is 16.3. The van der Waals surface area contributed by atoms with E-state index in [1.807, 2.05) is 6.92 Å². The van der Waals surface area contributed by atoms with Crippen LogP contribution in [0.4, 0.5) is 0 Å². The summed E-state index contributed by atoms with van der Waals surface area (Å²) < 4.78 is 0. The van der Waals surface area contributed by atoms with E-state index in [9.17, 15) is 19.5 Å². The van der Waals surface area contributed by atoms with Crippen molar-refractivity contribution in [3.8, 4) is 0 Å². The molecule has 0 unspecified atom stereocenters. The van der Waals surface area contributed by atoms with E-state index in [-0.39, 0.29) is 36.4 Å². The molecule has 1 saturated heterocycles. The molecular formula is C17H25N5O4. The van der Waals surface area contributed by atoms with Crippen molar-refractivity contribution >= 4 is 17.7 Å². The van der Waals surface area contributed by atoms with Crippen molar-refractivity contribution in [1.82, 2.24) is 25.7 Å². The third-order valence-electron chi connectivity index (χ3n) is 4.93. The number of carbonyl (C=O) groups is 3. The minimum atomic E-state index is -0.791. The number of piperazine rings is 1. The number of aromatic nitrogens is 2. The van der Waals surface area contributed by atoms with Crippen LogP contribution in [-0.4, -0.2) is 69.7 Å². The molecule has 1 saturated carbocycles. The summed E-state index contributed by atoms with van der Waals surface area (Å²) in [6.45, 7) is 3.01. The summed E-state index contributed by atoms with van der Waals surface area (Å²) in [5, 5.41) is 22.5. The van der Waals surface area contributed by atoms with E-state index in [1.54, 1.807) is 6.07 Å². The molecule has 4 N–H and O–H groups in total. The zero-order chi connectivity index (χ0) is 18.7. The highest BCUT2D eigenvalue weighted by Gasteiger charge is 2.40. The van der Waals surface area contributed by atoms with E-state index in [2.05, 4.69) is 20.8 Å². The Bertz CT molecular complexity index is 688. The normalized spacial score (nSPS) is 25.8. The van der Waals surface area contributed by atoms with Gasteiger partial charge < -0.3 is 20.6 Å². The number of amides is 3. The molecule has 0 radical (unpaired) electrons. The number of hydrogen-bond acceptors (Lipinski definition) is 5. The Hall–Kier alpha value is -2.42. The van der Waals surface area contributed by atoms with Gasteiger partial charge in [-0.2, -0.15) is 5.10 Å². The molecule has 0 spiro atoms. The van der Waals surface area contributed by atoms with Crippen LogP contribution in [0, 0.1) is 5.92 Å². The summed E-state index contributed by atoms with van der Waals surface area (Å²) in [6, 6.07) is 1.20. The molecule has 9 heteroatoms. The van der Waals surface area contributed by atoms with Gasteiger partial charge in [0.15, 0.2) is 0 Å². The number of H-pyrrole nitrogens is 1. The zero-order valence-corrected chi connectivity index (χ0v) is 14.8. The molecule has 2 heterocycles. The molecule has 3 amide bonds. The maximum atomic E-state index is 12.6. The first-order valence-corrected chi connectivity index (χ1v) is 9.06. The number of nitrogens with zero attached hydrogens (tertiary/aromatic N) is 2. The van der Waals surface area contributed by atoms with Gasteiger partial charge in [0.05, 0.1) is 18.7 Å². The van der Waals surface area contributed by atoms with Crippen molar-refractivity contribution in [2.75, 3.05) is 19.6 Å². The monoisotopic (exact) mass is 363 g/mol. The van der Waals surface area contributed by atoms with Crippen molar-refractivity contribution in [2.45, 2.75) is 44.8 Å². The fraction of sp³-hybridized carbons (Fsp3) is 0.647. The predicted octanol–water partition coefficient (Wildman–Crippen LogP) is -0.810. The zero-order valence-electron chi connectivity index (χ0n) is 14.8. The number of aliphatic hydroxyl groups excluding tert-OH is 1. The standard InChI is InChI=1S/C17H25N5O4/c1-2-3-11-8-13(21-20-11)16(25)19-12-6-10(7-14(12)23)17(26)22-5-4-18-15(24)9-22/h8,10,12,14,23H,2-7,9H2,1H3,(H,18,24)(H,19,25)(H,20,21)/t10-,12-,14-/m0/s1. The maximum absolute atomic E-state index is 12.6. The van der Waals surface area contributed by atoms with Crippen LogP contribution in [0.5, 0.6) is 0 Å². The van der Waals surface area contributed by atoms with E-state index in [4.69, 9.17) is 0 Å². The molecule has 2 fully saturated rings. The van der Waals surface area contributed by atoms with Crippen LogP contribution < -0.4 is 10.6 Å². The molecule has 1 aliphatic heterocycles. The van der Waals surface area contributed by atoms with Crippen molar-refractivity contribution in [3.05, 3.63) is 17.5 Å². The van der Waals surface area contributed by atoms with Crippen molar-refractivity contribution in [3.63, 3.8) is 0 Å². The molecule has 3 rings (SSSR count). The largest absolute Gasteiger partial charge is 0.391 e. The topological polar surface area (TPSA) is 127 Å². The molecule has 1 aromatic heterocycles. The van der Waals surface area contributed by atoms with Crippen LogP contribution in [0.2, 0.25) is 0 Å². The predicted molar refractivity (Wildman–Crippen MR) is 92.2 cm³/mol. The molecular weight excluding hydrogens is 338 g/mol. The van der Waals surface area contributed by atoms with Gasteiger partial charge in [-0.25, -0.2) is 0 Å². The Balaban J connectivity index is 1.56. The number of aryl methyl sites for hydroxylation is 1. The Morgan fingerprint density at radius 2 is 2.23 bits per heavy atom. The lowest BCUT2D eigenvalue weighted by molar-refractivity contribution is -0.141. The van der Waals surface area contributed by atoms with Crippen LogP contribution in [0.15, 0.2) is 6.07 Å². The van der Waals surface area contributed by atoms with Gasteiger partial charge in [-0.3, -0.25) is 19.5 Å². The van der Waals surface area contributed by atoms with Crippen LogP contribution >= 0.6 is 0 Å². The number of aliphatic hydroxyl groups is 1. The second kappa shape index (κ2) is 7.86. The minimum absolute atomic E-state index is 0.0515. The third-order valence-corrected chi connectivity index (χ3v) is 4.93. The SMILES string of the molecule is CCCc1cc(C(=O)N[C@H]2C[C@H](C(=O)N3CCNC(=O)C3)C[C@@H]2O)n[nH]1. The Kier molecular flexibility index (Phi) is 5.55. The first-order chi connectivity index (χ1) is 12.5. The van der Waals surface area contributed by atoms with Crippen molar-refractivity contribution < 1.29 is 19.5 Å². The number of aromatic amines is 1. The van der Waals surface area contributed by atoms with Crippen LogP contribution in [0.1, 0.15) is 42.4 Å². The van der Waals surface area contributed by atoms with Crippen LogP contribution in [-0.2, 0) is 16.0 Å². The lowest BCUT2D eigenvalue weighted by Gasteiger charge is -2.28. The molecule has 26 heavy (non-hydrogen) atoms. The second-order valence-corrected chi connectivity index (χ2v) is 6.95. The van der Waals surface area contributed by atoms with Gasteiger partial charge in [0, 0.05) is 24.7 Å². The van der Waals surface area contributed by atoms with Crippen LogP contribution in [0.3, 0.4) is 0 Å². The Labute approximate surface area is 151 Å². The van der Waals surface area contributed by atoms with Gasteiger partial charge in [0.25, 0.3) is 5.91 Å². The first kappa shape index (κ1) is 18.4. The fourth-order valence-electron chi connectivity index (χ4n) is 3.57. The summed E-state index contributed by atoms with van der Waals surface area (Å²) in [4.78, 5) is 37.9. The fourth-order valence-corrected chi connectivity index (χ4v) is 3.57. The maximum Gasteiger partial charge on any atom is 0.272 e. The summed E-state index contributed by atoms with van der Waals surface area (Å²) >= 11 is 0. The molecule has 9 nitrogen and oxygen atoms in total. The Morgan fingerprint density at radius 1 is 1.42 bits per heavy atom. The summed E-state index contributed by atoms with van der Waals surface area (Å²) in [5.41, 5.74) is 1.17. The van der Waals surface area contributed by atoms with E-state index < -0.39 is 18.1 Å². The number of rotatable bonds is 5. The first-order valence-electron chi connectivity index (χ1n) is 9.06. The van der Waals surface area contributed by atoms with E-state index in [1.165, 1.54) is 4.90 Å².